The predicted molar refractivity (Wildman–Crippen MR) is 115 cm³/mol. The van der Waals surface area contributed by atoms with Gasteiger partial charge in [-0.1, -0.05) is 13.8 Å². The molecular formula is C23H43NO6. The minimum absolute atomic E-state index is 0.160. The molecular weight excluding hydrogens is 386 g/mol. The molecule has 0 aromatic carbocycles. The zero-order chi connectivity index (χ0) is 22.5. The van der Waals surface area contributed by atoms with Gasteiger partial charge in [-0.3, -0.25) is 4.79 Å². The van der Waals surface area contributed by atoms with Crippen LogP contribution >= 0.6 is 0 Å². The maximum atomic E-state index is 12.8. The van der Waals surface area contributed by atoms with E-state index >= 15 is 0 Å². The number of nitrogens with zero attached hydrogens (tertiary/aromatic N) is 1. The highest BCUT2D eigenvalue weighted by Crippen LogP contribution is 2.35. The van der Waals surface area contributed by atoms with Crippen molar-refractivity contribution in [3.8, 4) is 0 Å². The van der Waals surface area contributed by atoms with Gasteiger partial charge in [0.15, 0.2) is 6.29 Å². The lowest BCUT2D eigenvalue weighted by molar-refractivity contribution is -0.295. The summed E-state index contributed by atoms with van der Waals surface area (Å²) in [7, 11) is 3.72. The van der Waals surface area contributed by atoms with E-state index in [1.54, 1.807) is 7.11 Å². The second kappa shape index (κ2) is 11.2. The summed E-state index contributed by atoms with van der Waals surface area (Å²) in [6, 6.07) is 0. The van der Waals surface area contributed by atoms with Crippen LogP contribution in [0.15, 0.2) is 0 Å². The van der Waals surface area contributed by atoms with Gasteiger partial charge in [0.05, 0.1) is 30.3 Å². The van der Waals surface area contributed by atoms with Crippen LogP contribution in [0.5, 0.6) is 0 Å². The van der Waals surface area contributed by atoms with Gasteiger partial charge in [-0.15, -0.1) is 0 Å². The first-order chi connectivity index (χ1) is 14.1. The molecule has 4 unspecified atom stereocenters. The van der Waals surface area contributed by atoms with Crippen molar-refractivity contribution in [1.29, 1.82) is 0 Å². The number of esters is 1. The average Bonchev–Trinajstić information content (AvgIpc) is 2.70. The monoisotopic (exact) mass is 429 g/mol. The normalized spacial score (nSPS) is 43.2. The maximum Gasteiger partial charge on any atom is 0.311 e. The zero-order valence-corrected chi connectivity index (χ0v) is 19.9. The van der Waals surface area contributed by atoms with Crippen LogP contribution in [0.25, 0.3) is 0 Å². The average molecular weight is 430 g/mol. The Labute approximate surface area is 182 Å². The largest absolute Gasteiger partial charge is 0.465 e. The number of aliphatic hydroxyl groups is 1. The number of cyclic esters (lactones) is 1. The molecule has 2 heterocycles. The summed E-state index contributed by atoms with van der Waals surface area (Å²) in [5.74, 6) is 0.0630. The number of carbonyl (C=O) groups excluding carboxylic acids is 1. The minimum atomic E-state index is -0.753. The Hall–Kier alpha value is -0.730. The number of hydrogen-bond acceptors (Lipinski definition) is 7. The third kappa shape index (κ3) is 6.63. The fourth-order valence-corrected chi connectivity index (χ4v) is 4.73. The molecule has 2 rings (SSSR count). The summed E-state index contributed by atoms with van der Waals surface area (Å²) in [5, 5.41) is 10.5. The topological polar surface area (TPSA) is 77.5 Å². The van der Waals surface area contributed by atoms with E-state index in [2.05, 4.69) is 25.8 Å². The summed E-state index contributed by atoms with van der Waals surface area (Å²) in [4.78, 5) is 15.1. The first-order valence-electron chi connectivity index (χ1n) is 11.5. The van der Waals surface area contributed by atoms with E-state index in [0.29, 0.717) is 18.9 Å². The lowest BCUT2D eigenvalue weighted by atomic mass is 9.85. The number of hydrogen-bond donors (Lipinski definition) is 1. The fraction of sp³-hybridized carbons (Fsp3) is 0.957. The molecule has 2 aliphatic rings. The minimum Gasteiger partial charge on any atom is -0.465 e. The van der Waals surface area contributed by atoms with Crippen molar-refractivity contribution >= 4 is 5.97 Å². The molecule has 0 radical (unpaired) electrons. The van der Waals surface area contributed by atoms with Gasteiger partial charge in [0, 0.05) is 20.1 Å². The molecule has 2 aliphatic heterocycles. The van der Waals surface area contributed by atoms with Gasteiger partial charge in [0.2, 0.25) is 0 Å². The van der Waals surface area contributed by atoms with Crippen LogP contribution in [-0.2, 0) is 23.7 Å². The Bertz CT molecular complexity index is 546. The third-order valence-electron chi connectivity index (χ3n) is 6.92. The van der Waals surface area contributed by atoms with E-state index in [4.69, 9.17) is 18.9 Å². The number of methoxy groups -OCH3 is 1. The van der Waals surface area contributed by atoms with Crippen molar-refractivity contribution in [2.45, 2.75) is 90.5 Å². The molecule has 2 saturated heterocycles. The molecule has 7 heteroatoms. The van der Waals surface area contributed by atoms with E-state index in [1.807, 2.05) is 20.8 Å². The molecule has 0 amide bonds. The highest BCUT2D eigenvalue weighted by atomic mass is 16.7. The second-order valence-corrected chi connectivity index (χ2v) is 9.76. The van der Waals surface area contributed by atoms with Crippen molar-refractivity contribution in [3.63, 3.8) is 0 Å². The standard InChI is InChI=1S/C23H43NO6/c1-15-9-11-24(6)10-8-12-28-22(26)17(3)20(16(2)13-15)30-19-14-23(5,27-7)21(25)18(4)29-19/h15-21,25H,8-14H2,1-7H3/t15-,16+,17+,18?,19?,20-,21?,23?/m0/s1. The Balaban J connectivity index is 2.16. The summed E-state index contributed by atoms with van der Waals surface area (Å²) < 4.78 is 23.5. The Morgan fingerprint density at radius 1 is 1.20 bits per heavy atom. The van der Waals surface area contributed by atoms with Crippen LogP contribution < -0.4 is 0 Å². The lowest BCUT2D eigenvalue weighted by Gasteiger charge is -2.45. The summed E-state index contributed by atoms with van der Waals surface area (Å²) in [6.07, 6.45) is 1.28. The molecule has 30 heavy (non-hydrogen) atoms. The SMILES string of the molecule is COC1(C)CC(O[C@H]2[C@H](C)C[C@@H](C)CCN(C)CCCOC(=O)[C@@H]2C)OC(C)C1O. The van der Waals surface area contributed by atoms with E-state index < -0.39 is 30.0 Å². The fourth-order valence-electron chi connectivity index (χ4n) is 4.73. The van der Waals surface area contributed by atoms with Crippen molar-refractivity contribution in [1.82, 2.24) is 4.90 Å². The van der Waals surface area contributed by atoms with Crippen LogP contribution in [0.3, 0.4) is 0 Å². The van der Waals surface area contributed by atoms with Crippen molar-refractivity contribution in [2.24, 2.45) is 17.8 Å². The highest BCUT2D eigenvalue weighted by molar-refractivity contribution is 5.72. The molecule has 8 atom stereocenters. The van der Waals surface area contributed by atoms with Gasteiger partial charge in [-0.2, -0.15) is 0 Å². The number of rotatable bonds is 3. The number of ether oxygens (including phenoxy) is 4. The van der Waals surface area contributed by atoms with Gasteiger partial charge >= 0.3 is 5.97 Å². The van der Waals surface area contributed by atoms with Crippen LogP contribution in [0.2, 0.25) is 0 Å². The van der Waals surface area contributed by atoms with E-state index in [1.165, 1.54) is 0 Å². The maximum absolute atomic E-state index is 12.8. The zero-order valence-electron chi connectivity index (χ0n) is 19.9. The van der Waals surface area contributed by atoms with E-state index in [9.17, 15) is 9.90 Å². The molecule has 0 aromatic heterocycles. The van der Waals surface area contributed by atoms with Crippen molar-refractivity contribution < 1.29 is 28.8 Å². The quantitative estimate of drug-likeness (QED) is 0.691. The van der Waals surface area contributed by atoms with Crippen LogP contribution in [0.4, 0.5) is 0 Å². The molecule has 0 spiro atoms. The molecule has 0 bridgehead atoms. The molecule has 0 aromatic rings. The van der Waals surface area contributed by atoms with Crippen LogP contribution in [0, 0.1) is 17.8 Å². The Kier molecular flexibility index (Phi) is 9.56. The smallest absolute Gasteiger partial charge is 0.311 e. The van der Waals surface area contributed by atoms with Crippen LogP contribution in [-0.4, -0.2) is 80.0 Å². The lowest BCUT2D eigenvalue weighted by Crippen LogP contribution is -2.57. The Morgan fingerprint density at radius 2 is 1.90 bits per heavy atom. The second-order valence-electron chi connectivity index (χ2n) is 9.76. The molecule has 0 aliphatic carbocycles. The first-order valence-corrected chi connectivity index (χ1v) is 11.5. The molecule has 0 saturated carbocycles. The van der Waals surface area contributed by atoms with Gasteiger partial charge in [-0.05, 0) is 65.5 Å². The first kappa shape index (κ1) is 25.5. The Morgan fingerprint density at radius 3 is 2.57 bits per heavy atom. The highest BCUT2D eigenvalue weighted by Gasteiger charge is 2.47. The van der Waals surface area contributed by atoms with Crippen molar-refractivity contribution in [2.75, 3.05) is 33.9 Å². The molecule has 2 fully saturated rings. The van der Waals surface area contributed by atoms with Gasteiger partial charge < -0.3 is 29.0 Å². The third-order valence-corrected chi connectivity index (χ3v) is 6.92. The summed E-state index contributed by atoms with van der Waals surface area (Å²) in [5.41, 5.74) is -0.753. The number of aliphatic hydroxyl groups excluding tert-OH is 1. The predicted octanol–water partition coefficient (Wildman–Crippen LogP) is 2.84. The summed E-state index contributed by atoms with van der Waals surface area (Å²) >= 11 is 0. The van der Waals surface area contributed by atoms with E-state index in [-0.39, 0.29) is 18.0 Å². The molecule has 176 valence electrons. The van der Waals surface area contributed by atoms with Gasteiger partial charge in [-0.25, -0.2) is 0 Å². The van der Waals surface area contributed by atoms with Gasteiger partial charge in [0.25, 0.3) is 0 Å². The van der Waals surface area contributed by atoms with Gasteiger partial charge in [0.1, 0.15) is 6.10 Å². The van der Waals surface area contributed by atoms with E-state index in [0.717, 1.165) is 32.4 Å². The summed E-state index contributed by atoms with van der Waals surface area (Å²) in [6.45, 7) is 12.4. The molecule has 1 N–H and O–H groups in total. The van der Waals surface area contributed by atoms with Crippen LogP contribution in [0.1, 0.15) is 60.3 Å². The number of carbonyl (C=O) groups is 1. The van der Waals surface area contributed by atoms with Crippen molar-refractivity contribution in [3.05, 3.63) is 0 Å². The molecule has 7 nitrogen and oxygen atoms in total.